The standard InChI is InChI=1S/C8H9N5O2/c1-4-2-6(14)13-7(11-4)5(3-10-13)8(15)12-9/h2-3,10H,9H2,1H3,(H,12,15). The van der Waals surface area contributed by atoms with Gasteiger partial charge in [0.2, 0.25) is 0 Å². The minimum absolute atomic E-state index is 0.235. The van der Waals surface area contributed by atoms with E-state index in [1.807, 2.05) is 5.43 Å². The second-order valence-corrected chi connectivity index (χ2v) is 3.06. The fraction of sp³-hybridized carbons (Fsp3) is 0.125. The number of aryl methyl sites for hydroxylation is 1. The Labute approximate surface area is 83.9 Å². The minimum atomic E-state index is -0.494. The van der Waals surface area contributed by atoms with Crippen LogP contribution < -0.4 is 16.8 Å². The molecule has 2 aromatic heterocycles. The number of H-pyrrole nitrogens is 1. The van der Waals surface area contributed by atoms with Crippen LogP contribution in [0, 0.1) is 6.92 Å². The van der Waals surface area contributed by atoms with E-state index in [-0.39, 0.29) is 16.8 Å². The highest BCUT2D eigenvalue weighted by Crippen LogP contribution is 2.05. The molecule has 0 saturated heterocycles. The van der Waals surface area contributed by atoms with Gasteiger partial charge in [0.15, 0.2) is 5.65 Å². The number of fused-ring (bicyclic) bond motifs is 1. The number of rotatable bonds is 1. The molecule has 0 spiro atoms. The van der Waals surface area contributed by atoms with Gasteiger partial charge in [-0.2, -0.15) is 0 Å². The molecular weight excluding hydrogens is 198 g/mol. The van der Waals surface area contributed by atoms with Gasteiger partial charge in [0, 0.05) is 18.0 Å². The number of nitrogen functional groups attached to an aromatic ring is 1. The number of hydrazine groups is 1. The monoisotopic (exact) mass is 207 g/mol. The highest BCUT2D eigenvalue weighted by molar-refractivity contribution is 5.99. The highest BCUT2D eigenvalue weighted by atomic mass is 16.2. The summed E-state index contributed by atoms with van der Waals surface area (Å²) in [6, 6.07) is 1.37. The number of carbonyl (C=O) groups is 1. The van der Waals surface area contributed by atoms with Crippen molar-refractivity contribution in [2.75, 3.05) is 0 Å². The van der Waals surface area contributed by atoms with Gasteiger partial charge in [-0.1, -0.05) is 0 Å². The van der Waals surface area contributed by atoms with E-state index in [4.69, 9.17) is 5.84 Å². The smallest absolute Gasteiger partial charge is 0.272 e. The third kappa shape index (κ3) is 1.38. The van der Waals surface area contributed by atoms with Crippen LogP contribution in [-0.4, -0.2) is 20.5 Å². The maximum Gasteiger partial charge on any atom is 0.272 e. The van der Waals surface area contributed by atoms with Crippen LogP contribution in [0.15, 0.2) is 17.1 Å². The Morgan fingerprint density at radius 1 is 1.67 bits per heavy atom. The first-order valence-corrected chi connectivity index (χ1v) is 4.22. The number of nitrogens with one attached hydrogen (secondary N) is 2. The zero-order chi connectivity index (χ0) is 11.0. The molecule has 7 nitrogen and oxygen atoms in total. The molecule has 2 rings (SSSR count). The fourth-order valence-electron chi connectivity index (χ4n) is 1.34. The Morgan fingerprint density at radius 3 is 3.07 bits per heavy atom. The Balaban J connectivity index is 2.80. The first-order chi connectivity index (χ1) is 7.13. The van der Waals surface area contributed by atoms with Gasteiger partial charge >= 0.3 is 0 Å². The van der Waals surface area contributed by atoms with E-state index in [1.165, 1.54) is 16.8 Å². The van der Waals surface area contributed by atoms with E-state index < -0.39 is 5.91 Å². The van der Waals surface area contributed by atoms with Gasteiger partial charge < -0.3 is 0 Å². The van der Waals surface area contributed by atoms with Crippen molar-refractivity contribution < 1.29 is 4.79 Å². The summed E-state index contributed by atoms with van der Waals surface area (Å²) in [5.74, 6) is 4.51. The van der Waals surface area contributed by atoms with Crippen molar-refractivity contribution in [3.05, 3.63) is 33.9 Å². The van der Waals surface area contributed by atoms with Crippen LogP contribution in [0.25, 0.3) is 5.65 Å². The minimum Gasteiger partial charge on any atom is -0.296 e. The third-order valence-corrected chi connectivity index (χ3v) is 2.00. The quantitative estimate of drug-likeness (QED) is 0.314. The lowest BCUT2D eigenvalue weighted by Crippen LogP contribution is -2.30. The SMILES string of the molecule is Cc1cc(=O)n2[nH]cc(C(=O)NN)c2n1. The molecular formula is C8H9N5O2. The van der Waals surface area contributed by atoms with E-state index >= 15 is 0 Å². The lowest BCUT2D eigenvalue weighted by atomic mass is 10.3. The molecule has 2 heterocycles. The third-order valence-electron chi connectivity index (χ3n) is 2.00. The normalized spacial score (nSPS) is 10.5. The van der Waals surface area contributed by atoms with Gasteiger partial charge in [-0.25, -0.2) is 15.3 Å². The predicted octanol–water partition coefficient (Wildman–Crippen LogP) is -1.07. The molecule has 0 atom stereocenters. The zero-order valence-corrected chi connectivity index (χ0v) is 7.94. The molecule has 0 fully saturated rings. The summed E-state index contributed by atoms with van der Waals surface area (Å²) in [7, 11) is 0. The maximum atomic E-state index is 11.5. The Kier molecular flexibility index (Phi) is 2.01. The molecule has 0 unspecified atom stereocenters. The molecule has 0 aliphatic heterocycles. The van der Waals surface area contributed by atoms with Gasteiger partial charge in [0.25, 0.3) is 11.5 Å². The van der Waals surface area contributed by atoms with E-state index in [9.17, 15) is 9.59 Å². The Bertz CT molecular complexity index is 582. The molecule has 7 heteroatoms. The summed E-state index contributed by atoms with van der Waals surface area (Å²) in [6.45, 7) is 1.68. The van der Waals surface area contributed by atoms with Gasteiger partial charge in [-0.05, 0) is 6.92 Å². The molecule has 4 N–H and O–H groups in total. The number of aromatic amines is 1. The van der Waals surface area contributed by atoms with Crippen LogP contribution >= 0.6 is 0 Å². The summed E-state index contributed by atoms with van der Waals surface area (Å²) in [6.07, 6.45) is 1.38. The van der Waals surface area contributed by atoms with Gasteiger partial charge in [-0.3, -0.25) is 20.1 Å². The van der Waals surface area contributed by atoms with Crippen LogP contribution in [-0.2, 0) is 0 Å². The molecule has 0 aliphatic carbocycles. The molecule has 0 aromatic carbocycles. The van der Waals surface area contributed by atoms with Crippen LogP contribution in [0.1, 0.15) is 16.1 Å². The molecule has 1 amide bonds. The van der Waals surface area contributed by atoms with Crippen molar-refractivity contribution in [3.63, 3.8) is 0 Å². The van der Waals surface area contributed by atoms with Crippen LogP contribution in [0.5, 0.6) is 0 Å². The number of hydrogen-bond donors (Lipinski definition) is 3. The lowest BCUT2D eigenvalue weighted by Gasteiger charge is -1.97. The average molecular weight is 207 g/mol. The van der Waals surface area contributed by atoms with E-state index in [1.54, 1.807) is 6.92 Å². The van der Waals surface area contributed by atoms with Crippen molar-refractivity contribution in [2.45, 2.75) is 6.92 Å². The first kappa shape index (κ1) is 9.41. The van der Waals surface area contributed by atoms with Crippen LogP contribution in [0.4, 0.5) is 0 Å². The van der Waals surface area contributed by atoms with Gasteiger partial charge in [-0.15, -0.1) is 0 Å². The molecule has 0 aliphatic rings. The zero-order valence-electron chi connectivity index (χ0n) is 7.94. The van der Waals surface area contributed by atoms with E-state index in [0.29, 0.717) is 5.69 Å². The Morgan fingerprint density at radius 2 is 2.40 bits per heavy atom. The number of nitrogens with two attached hydrogens (primary N) is 1. The van der Waals surface area contributed by atoms with Crippen molar-refractivity contribution in [1.29, 1.82) is 0 Å². The average Bonchev–Trinajstić information content (AvgIpc) is 2.60. The summed E-state index contributed by atoms with van der Waals surface area (Å²) in [5.41, 5.74) is 2.76. The lowest BCUT2D eigenvalue weighted by molar-refractivity contribution is 0.0955. The summed E-state index contributed by atoms with van der Waals surface area (Å²) >= 11 is 0. The van der Waals surface area contributed by atoms with Crippen LogP contribution in [0.2, 0.25) is 0 Å². The number of hydrogen-bond acceptors (Lipinski definition) is 4. The van der Waals surface area contributed by atoms with Gasteiger partial charge in [0.1, 0.15) is 5.56 Å². The molecule has 0 saturated carbocycles. The fourth-order valence-corrected chi connectivity index (χ4v) is 1.34. The van der Waals surface area contributed by atoms with Gasteiger partial charge in [0.05, 0.1) is 0 Å². The van der Waals surface area contributed by atoms with Crippen molar-refractivity contribution in [3.8, 4) is 0 Å². The molecule has 0 radical (unpaired) electrons. The molecule has 78 valence electrons. The van der Waals surface area contributed by atoms with Crippen LogP contribution in [0.3, 0.4) is 0 Å². The number of amides is 1. The second kappa shape index (κ2) is 3.21. The maximum absolute atomic E-state index is 11.5. The summed E-state index contributed by atoms with van der Waals surface area (Å²) < 4.78 is 1.18. The molecule has 0 bridgehead atoms. The number of aromatic nitrogens is 3. The van der Waals surface area contributed by atoms with Crippen molar-refractivity contribution in [1.82, 2.24) is 20.0 Å². The molecule has 15 heavy (non-hydrogen) atoms. The van der Waals surface area contributed by atoms with Crippen molar-refractivity contribution in [2.24, 2.45) is 5.84 Å². The van der Waals surface area contributed by atoms with E-state index in [0.717, 1.165) is 0 Å². The summed E-state index contributed by atoms with van der Waals surface area (Å²) in [4.78, 5) is 26.8. The molecule has 2 aromatic rings. The second-order valence-electron chi connectivity index (χ2n) is 3.06. The number of carbonyl (C=O) groups excluding carboxylic acids is 1. The van der Waals surface area contributed by atoms with E-state index in [2.05, 4.69) is 10.1 Å². The van der Waals surface area contributed by atoms with Crippen molar-refractivity contribution >= 4 is 11.6 Å². The topological polar surface area (TPSA) is 105 Å². The first-order valence-electron chi connectivity index (χ1n) is 4.22. The Hall–Kier alpha value is -2.15. The predicted molar refractivity (Wildman–Crippen MR) is 52.2 cm³/mol. The largest absolute Gasteiger partial charge is 0.296 e. The number of nitrogens with zero attached hydrogens (tertiary/aromatic N) is 2. The highest BCUT2D eigenvalue weighted by Gasteiger charge is 2.13. The summed E-state index contributed by atoms with van der Waals surface area (Å²) in [5, 5.41) is 2.62.